The quantitative estimate of drug-likeness (QED) is 0.241. The third-order valence-corrected chi connectivity index (χ3v) is 7.42. The van der Waals surface area contributed by atoms with E-state index >= 15 is 0 Å². The lowest BCUT2D eigenvalue weighted by molar-refractivity contribution is -0.143. The molecule has 0 aromatic carbocycles. The molecule has 0 aliphatic carbocycles. The number of carbonyl (C=O) groups excluding carboxylic acids is 1. The Balaban J connectivity index is 3.40. The number of allylic oxidation sites excluding steroid dienone is 12. The molecule has 1 rings (SSSR count). The van der Waals surface area contributed by atoms with Gasteiger partial charge in [0.25, 0.3) is 0 Å². The SMILES string of the molecule is CC/C(C)=C/C=C(\C)[C@H]1OC(=O)/C(C)=C/[C@H](C)/C=C/C(C)=C/[C@@H](OC)C/C=C/C(C)=C\CC[C@H](OC)/C=C/C=C/[C@@H]1C. The summed E-state index contributed by atoms with van der Waals surface area (Å²) in [4.78, 5) is 13.2. The first-order valence-corrected chi connectivity index (χ1v) is 15.3. The second kappa shape index (κ2) is 20.9. The van der Waals surface area contributed by atoms with Gasteiger partial charge in [0.05, 0.1) is 12.2 Å². The summed E-state index contributed by atoms with van der Waals surface area (Å²) in [5.41, 5.74) is 5.24. The van der Waals surface area contributed by atoms with E-state index in [0.717, 1.165) is 36.8 Å². The molecule has 5 atom stereocenters. The van der Waals surface area contributed by atoms with E-state index in [-0.39, 0.29) is 36.1 Å². The van der Waals surface area contributed by atoms with Crippen LogP contribution >= 0.6 is 0 Å². The topological polar surface area (TPSA) is 44.8 Å². The summed E-state index contributed by atoms with van der Waals surface area (Å²) in [6.07, 6.45) is 30.5. The van der Waals surface area contributed by atoms with Gasteiger partial charge in [0.2, 0.25) is 0 Å². The van der Waals surface area contributed by atoms with Crippen LogP contribution in [0.25, 0.3) is 0 Å². The molecular weight excluding hydrogens is 520 g/mol. The van der Waals surface area contributed by atoms with Crippen molar-refractivity contribution in [3.8, 4) is 0 Å². The molecule has 0 aromatic rings. The van der Waals surface area contributed by atoms with Crippen LogP contribution in [0.15, 0.2) is 107 Å². The highest BCUT2D eigenvalue weighted by molar-refractivity contribution is 5.88. The molecular formula is C38H56O4. The Morgan fingerprint density at radius 2 is 1.62 bits per heavy atom. The summed E-state index contributed by atoms with van der Waals surface area (Å²) in [5, 5.41) is 0. The van der Waals surface area contributed by atoms with Gasteiger partial charge in [-0.1, -0.05) is 116 Å². The van der Waals surface area contributed by atoms with Gasteiger partial charge in [0, 0.05) is 25.7 Å². The standard InChI is InChI=1S/C38H56O4/c1-11-28(2)24-25-33(7)37-32(6)18-12-13-19-35(40-9)20-14-16-29(3)17-15-21-36(41-10)27-31(5)23-22-30(4)26-34(8)38(39)42-37/h12-13,15-19,22-27,30,32,35-37H,11,14,20-21H2,1-10H3/b17-15+,18-12+,19-13+,23-22+,28-24+,29-16-,31-27+,33-25+,34-26+/t30-,32+,35-,36+,37+/m1/s1. The van der Waals surface area contributed by atoms with Crippen molar-refractivity contribution in [2.75, 3.05) is 14.2 Å². The van der Waals surface area contributed by atoms with Gasteiger partial charge in [-0.3, -0.25) is 0 Å². The lowest BCUT2D eigenvalue weighted by Crippen LogP contribution is -2.26. The minimum absolute atomic E-state index is 0.00551. The lowest BCUT2D eigenvalue weighted by Gasteiger charge is -2.23. The second-order valence-corrected chi connectivity index (χ2v) is 11.4. The normalized spacial score (nSPS) is 33.4. The molecule has 4 heteroatoms. The van der Waals surface area contributed by atoms with E-state index in [1.54, 1.807) is 14.2 Å². The maximum absolute atomic E-state index is 13.2. The molecule has 0 radical (unpaired) electrons. The molecule has 4 nitrogen and oxygen atoms in total. The van der Waals surface area contributed by atoms with Gasteiger partial charge in [-0.2, -0.15) is 0 Å². The van der Waals surface area contributed by atoms with E-state index in [1.807, 2.05) is 32.1 Å². The van der Waals surface area contributed by atoms with E-state index in [1.165, 1.54) is 11.1 Å². The van der Waals surface area contributed by atoms with Crippen molar-refractivity contribution in [1.29, 1.82) is 0 Å². The smallest absolute Gasteiger partial charge is 0.334 e. The number of carbonyl (C=O) groups is 1. The summed E-state index contributed by atoms with van der Waals surface area (Å²) in [5.74, 6) is -0.238. The van der Waals surface area contributed by atoms with Crippen molar-refractivity contribution in [2.45, 2.75) is 99.4 Å². The van der Waals surface area contributed by atoms with Crippen molar-refractivity contribution in [1.82, 2.24) is 0 Å². The monoisotopic (exact) mass is 576 g/mol. The molecule has 0 amide bonds. The lowest BCUT2D eigenvalue weighted by atomic mass is 9.96. The summed E-state index contributed by atoms with van der Waals surface area (Å²) in [6, 6.07) is 0. The van der Waals surface area contributed by atoms with Crippen molar-refractivity contribution < 1.29 is 19.0 Å². The predicted molar refractivity (Wildman–Crippen MR) is 179 cm³/mol. The zero-order valence-corrected chi connectivity index (χ0v) is 27.9. The third kappa shape index (κ3) is 15.3. The van der Waals surface area contributed by atoms with Crippen molar-refractivity contribution in [3.63, 3.8) is 0 Å². The number of hydrogen-bond donors (Lipinski definition) is 0. The molecule has 1 heterocycles. The Morgan fingerprint density at radius 3 is 2.29 bits per heavy atom. The van der Waals surface area contributed by atoms with Gasteiger partial charge in [-0.05, 0) is 71.8 Å². The van der Waals surface area contributed by atoms with Crippen LogP contribution < -0.4 is 0 Å². The van der Waals surface area contributed by atoms with Gasteiger partial charge in [-0.25, -0.2) is 4.79 Å². The Bertz CT molecular complexity index is 1110. The van der Waals surface area contributed by atoms with Gasteiger partial charge < -0.3 is 14.2 Å². The Hall–Kier alpha value is -2.95. The molecule has 0 N–H and O–H groups in total. The average molecular weight is 577 g/mol. The van der Waals surface area contributed by atoms with Crippen LogP contribution in [0.3, 0.4) is 0 Å². The number of methoxy groups -OCH3 is 2. The second-order valence-electron chi connectivity index (χ2n) is 11.4. The van der Waals surface area contributed by atoms with Crippen LogP contribution in [0.5, 0.6) is 0 Å². The van der Waals surface area contributed by atoms with E-state index in [4.69, 9.17) is 14.2 Å². The van der Waals surface area contributed by atoms with Gasteiger partial charge in [-0.15, -0.1) is 0 Å². The van der Waals surface area contributed by atoms with Crippen LogP contribution in [-0.2, 0) is 19.0 Å². The molecule has 0 aromatic heterocycles. The van der Waals surface area contributed by atoms with Crippen LogP contribution in [-0.4, -0.2) is 38.5 Å². The summed E-state index contributed by atoms with van der Waals surface area (Å²) >= 11 is 0. The molecule has 0 spiro atoms. The fraction of sp³-hybridized carbons (Fsp3) is 0.500. The summed E-state index contributed by atoms with van der Waals surface area (Å²) in [7, 11) is 3.48. The molecule has 0 saturated heterocycles. The molecule has 0 bridgehead atoms. The van der Waals surface area contributed by atoms with Crippen LogP contribution in [0.1, 0.15) is 81.1 Å². The first-order chi connectivity index (χ1) is 20.0. The van der Waals surface area contributed by atoms with E-state index in [2.05, 4.69) is 102 Å². The molecule has 232 valence electrons. The fourth-order valence-corrected chi connectivity index (χ4v) is 4.46. The van der Waals surface area contributed by atoms with Gasteiger partial charge in [0.15, 0.2) is 0 Å². The number of cyclic esters (lactones) is 1. The average Bonchev–Trinajstić information content (AvgIpc) is 2.97. The highest BCUT2D eigenvalue weighted by Gasteiger charge is 2.22. The van der Waals surface area contributed by atoms with Gasteiger partial charge >= 0.3 is 5.97 Å². The number of esters is 1. The fourth-order valence-electron chi connectivity index (χ4n) is 4.46. The van der Waals surface area contributed by atoms with Crippen LogP contribution in [0.2, 0.25) is 0 Å². The predicted octanol–water partition coefficient (Wildman–Crippen LogP) is 9.75. The zero-order chi connectivity index (χ0) is 31.5. The zero-order valence-electron chi connectivity index (χ0n) is 27.9. The van der Waals surface area contributed by atoms with Crippen molar-refractivity contribution in [3.05, 3.63) is 107 Å². The highest BCUT2D eigenvalue weighted by Crippen LogP contribution is 2.21. The molecule has 1 aliphatic rings. The number of ether oxygens (including phenoxy) is 3. The maximum Gasteiger partial charge on any atom is 0.334 e. The minimum Gasteiger partial charge on any atom is -0.454 e. The molecule has 0 fully saturated rings. The van der Waals surface area contributed by atoms with Crippen LogP contribution in [0, 0.1) is 11.8 Å². The Labute approximate surface area is 257 Å². The minimum atomic E-state index is -0.377. The van der Waals surface area contributed by atoms with E-state index in [9.17, 15) is 4.79 Å². The Kier molecular flexibility index (Phi) is 18.4. The molecule has 0 unspecified atom stereocenters. The van der Waals surface area contributed by atoms with E-state index in [0.29, 0.717) is 5.57 Å². The first kappa shape index (κ1) is 37.1. The highest BCUT2D eigenvalue weighted by atomic mass is 16.5. The summed E-state index contributed by atoms with van der Waals surface area (Å²) in [6.45, 7) is 16.5. The van der Waals surface area contributed by atoms with Crippen molar-refractivity contribution >= 4 is 5.97 Å². The Morgan fingerprint density at radius 1 is 0.929 bits per heavy atom. The number of rotatable bonds is 5. The summed E-state index contributed by atoms with van der Waals surface area (Å²) < 4.78 is 17.5. The largest absolute Gasteiger partial charge is 0.454 e. The van der Waals surface area contributed by atoms with Crippen molar-refractivity contribution in [2.24, 2.45) is 11.8 Å². The molecule has 1 aliphatic heterocycles. The van der Waals surface area contributed by atoms with Crippen LogP contribution in [0.4, 0.5) is 0 Å². The number of hydrogen-bond acceptors (Lipinski definition) is 4. The molecule has 42 heavy (non-hydrogen) atoms. The van der Waals surface area contributed by atoms with E-state index < -0.39 is 0 Å². The van der Waals surface area contributed by atoms with Gasteiger partial charge in [0.1, 0.15) is 6.10 Å². The third-order valence-electron chi connectivity index (χ3n) is 7.42. The first-order valence-electron chi connectivity index (χ1n) is 15.3. The maximum atomic E-state index is 13.2. The molecule has 0 saturated carbocycles.